The molecule has 0 aliphatic carbocycles. The van der Waals surface area contributed by atoms with E-state index in [-0.39, 0.29) is 17.9 Å². The van der Waals surface area contributed by atoms with Gasteiger partial charge < -0.3 is 20.0 Å². The number of aliphatic hydroxyl groups is 1. The highest BCUT2D eigenvalue weighted by Crippen LogP contribution is 2.45. The number of halogens is 3. The Hall–Kier alpha value is -2.13. The first-order valence-corrected chi connectivity index (χ1v) is 8.56. The van der Waals surface area contributed by atoms with Crippen LogP contribution in [0.5, 0.6) is 0 Å². The molecule has 1 aromatic rings. The highest BCUT2D eigenvalue weighted by Gasteiger charge is 2.50. The predicted molar refractivity (Wildman–Crippen MR) is 91.1 cm³/mol. The molecule has 0 aromatic heterocycles. The third-order valence-corrected chi connectivity index (χ3v) is 5.38. The first-order valence-electron chi connectivity index (χ1n) is 8.56. The number of carboxylic acid groups (broad SMARTS) is 1. The summed E-state index contributed by atoms with van der Waals surface area (Å²) in [5, 5.41) is 16.2. The van der Waals surface area contributed by atoms with E-state index in [1.54, 1.807) is 0 Å². The summed E-state index contributed by atoms with van der Waals surface area (Å²) in [5.74, 6) is -2.90. The van der Waals surface area contributed by atoms with Crippen molar-refractivity contribution >= 4 is 11.9 Å². The van der Waals surface area contributed by atoms with Crippen LogP contribution in [0.1, 0.15) is 18.4 Å². The van der Waals surface area contributed by atoms with Crippen LogP contribution in [0.15, 0.2) is 30.3 Å². The molecule has 6 nitrogen and oxygen atoms in total. The minimum absolute atomic E-state index is 0.146. The first-order chi connectivity index (χ1) is 12.6. The maximum atomic E-state index is 11.8. The summed E-state index contributed by atoms with van der Waals surface area (Å²) in [7, 11) is 2.14. The molecule has 2 N–H and O–H groups in total. The van der Waals surface area contributed by atoms with Crippen molar-refractivity contribution in [1.29, 1.82) is 0 Å². The SMILES string of the molecule is CN1CCC2(c3ccccc3)CCN(C(=O)CO)CC12.O=C(O)C(F)(F)F. The summed E-state index contributed by atoms with van der Waals surface area (Å²) in [6, 6.07) is 11.0. The van der Waals surface area contributed by atoms with Gasteiger partial charge in [-0.05, 0) is 32.0 Å². The molecule has 0 bridgehead atoms. The average Bonchev–Trinajstić information content (AvgIpc) is 2.99. The van der Waals surface area contributed by atoms with Gasteiger partial charge in [-0.15, -0.1) is 0 Å². The number of nitrogens with zero attached hydrogens (tertiary/aromatic N) is 2. The molecule has 2 aliphatic heterocycles. The number of carbonyl (C=O) groups excluding carboxylic acids is 1. The molecular weight excluding hydrogens is 365 g/mol. The van der Waals surface area contributed by atoms with E-state index in [1.807, 2.05) is 4.90 Å². The van der Waals surface area contributed by atoms with Crippen molar-refractivity contribution < 1.29 is 33.0 Å². The fourth-order valence-electron chi connectivity index (χ4n) is 3.94. The molecule has 1 amide bonds. The van der Waals surface area contributed by atoms with Crippen molar-refractivity contribution in [2.24, 2.45) is 0 Å². The highest BCUT2D eigenvalue weighted by atomic mass is 19.4. The number of likely N-dealkylation sites (tertiary alicyclic amines) is 2. The third-order valence-electron chi connectivity index (χ3n) is 5.38. The van der Waals surface area contributed by atoms with Crippen LogP contribution in [0.4, 0.5) is 13.2 Å². The van der Waals surface area contributed by atoms with Crippen LogP contribution in [-0.2, 0) is 15.0 Å². The Labute approximate surface area is 155 Å². The summed E-state index contributed by atoms with van der Waals surface area (Å²) in [6.45, 7) is 2.17. The largest absolute Gasteiger partial charge is 0.490 e. The van der Waals surface area contributed by atoms with Gasteiger partial charge in [0, 0.05) is 24.5 Å². The van der Waals surface area contributed by atoms with Gasteiger partial charge in [0.2, 0.25) is 5.91 Å². The standard InChI is InChI=1S/C16H22N2O2.C2HF3O2/c1-17-9-7-16(13-5-3-2-4-6-13)8-10-18(11-14(16)17)15(20)12-19;3-2(4,5)1(6)7/h2-6,14,19H,7-12H2,1H3;(H,6,7). The zero-order valence-corrected chi connectivity index (χ0v) is 14.9. The lowest BCUT2D eigenvalue weighted by Crippen LogP contribution is -2.56. The van der Waals surface area contributed by atoms with Crippen molar-refractivity contribution in [1.82, 2.24) is 9.80 Å². The summed E-state index contributed by atoms with van der Waals surface area (Å²) in [5.41, 5.74) is 1.56. The molecule has 2 heterocycles. The Balaban J connectivity index is 0.000000321. The Morgan fingerprint density at radius 2 is 1.74 bits per heavy atom. The second-order valence-corrected chi connectivity index (χ2v) is 6.82. The zero-order chi connectivity index (χ0) is 20.2. The molecule has 0 radical (unpaired) electrons. The molecule has 2 aliphatic rings. The molecule has 0 saturated carbocycles. The van der Waals surface area contributed by atoms with E-state index >= 15 is 0 Å². The molecule has 2 fully saturated rings. The van der Waals surface area contributed by atoms with Gasteiger partial charge in [-0.2, -0.15) is 13.2 Å². The molecule has 2 atom stereocenters. The van der Waals surface area contributed by atoms with Crippen LogP contribution in [-0.4, -0.2) is 77.4 Å². The molecule has 0 spiro atoms. The van der Waals surface area contributed by atoms with E-state index in [2.05, 4.69) is 42.3 Å². The van der Waals surface area contributed by atoms with Crippen molar-refractivity contribution in [3.05, 3.63) is 35.9 Å². The van der Waals surface area contributed by atoms with Crippen molar-refractivity contribution in [2.75, 3.05) is 33.3 Å². The second-order valence-electron chi connectivity index (χ2n) is 6.82. The number of alkyl halides is 3. The average molecular weight is 388 g/mol. The van der Waals surface area contributed by atoms with Gasteiger partial charge in [0.05, 0.1) is 0 Å². The molecule has 9 heteroatoms. The second kappa shape index (κ2) is 8.26. The smallest absolute Gasteiger partial charge is 0.475 e. The molecule has 27 heavy (non-hydrogen) atoms. The third kappa shape index (κ3) is 4.59. The zero-order valence-electron chi connectivity index (χ0n) is 14.9. The van der Waals surface area contributed by atoms with E-state index in [4.69, 9.17) is 15.0 Å². The van der Waals surface area contributed by atoms with Gasteiger partial charge in [0.15, 0.2) is 0 Å². The van der Waals surface area contributed by atoms with Crippen LogP contribution < -0.4 is 0 Å². The lowest BCUT2D eigenvalue weighted by molar-refractivity contribution is -0.192. The van der Waals surface area contributed by atoms with Crippen LogP contribution in [0.25, 0.3) is 0 Å². The van der Waals surface area contributed by atoms with Crippen molar-refractivity contribution in [2.45, 2.75) is 30.5 Å². The number of hydrogen-bond donors (Lipinski definition) is 2. The number of piperidine rings is 1. The van der Waals surface area contributed by atoms with E-state index in [9.17, 15) is 18.0 Å². The molecular formula is C18H23F3N2O4. The van der Waals surface area contributed by atoms with Gasteiger partial charge >= 0.3 is 12.1 Å². The Morgan fingerprint density at radius 1 is 1.19 bits per heavy atom. The summed E-state index contributed by atoms with van der Waals surface area (Å²) in [6.07, 6.45) is -2.95. The Kier molecular flexibility index (Phi) is 6.48. The van der Waals surface area contributed by atoms with Crippen molar-refractivity contribution in [3.8, 4) is 0 Å². The minimum Gasteiger partial charge on any atom is -0.475 e. The van der Waals surface area contributed by atoms with Gasteiger partial charge in [0.1, 0.15) is 6.61 Å². The molecule has 1 aromatic carbocycles. The molecule has 150 valence electrons. The van der Waals surface area contributed by atoms with Gasteiger partial charge in [-0.1, -0.05) is 30.3 Å². The number of benzene rings is 1. The van der Waals surface area contributed by atoms with E-state index in [0.29, 0.717) is 6.04 Å². The molecule has 3 rings (SSSR count). The van der Waals surface area contributed by atoms with Crippen molar-refractivity contribution in [3.63, 3.8) is 0 Å². The van der Waals surface area contributed by atoms with Crippen LogP contribution >= 0.6 is 0 Å². The van der Waals surface area contributed by atoms with E-state index < -0.39 is 12.1 Å². The first kappa shape index (κ1) is 21.2. The van der Waals surface area contributed by atoms with Gasteiger partial charge in [-0.25, -0.2) is 4.79 Å². The summed E-state index contributed by atoms with van der Waals surface area (Å²) in [4.78, 5) is 24.8. The minimum atomic E-state index is -5.08. The lowest BCUT2D eigenvalue weighted by atomic mass is 9.69. The molecule has 2 unspecified atom stereocenters. The maximum Gasteiger partial charge on any atom is 0.490 e. The van der Waals surface area contributed by atoms with Crippen LogP contribution in [0.2, 0.25) is 0 Å². The monoisotopic (exact) mass is 388 g/mol. The number of carbonyl (C=O) groups is 2. The number of aliphatic carboxylic acids is 1. The number of carboxylic acids is 1. The fourth-order valence-corrected chi connectivity index (χ4v) is 3.94. The lowest BCUT2D eigenvalue weighted by Gasteiger charge is -2.46. The topological polar surface area (TPSA) is 81.1 Å². The normalized spacial score (nSPS) is 25.4. The van der Waals surface area contributed by atoms with Gasteiger partial charge in [-0.3, -0.25) is 4.79 Å². The summed E-state index contributed by atoms with van der Waals surface area (Å²) < 4.78 is 31.7. The van der Waals surface area contributed by atoms with E-state index in [1.165, 1.54) is 5.56 Å². The van der Waals surface area contributed by atoms with E-state index in [0.717, 1.165) is 32.5 Å². The molecule has 2 saturated heterocycles. The predicted octanol–water partition coefficient (Wildman–Crippen LogP) is 1.49. The Morgan fingerprint density at radius 3 is 2.26 bits per heavy atom. The highest BCUT2D eigenvalue weighted by molar-refractivity contribution is 5.77. The fraction of sp³-hybridized carbons (Fsp3) is 0.556. The number of aliphatic hydroxyl groups excluding tert-OH is 1. The number of rotatable bonds is 2. The number of fused-ring (bicyclic) bond motifs is 1. The number of amides is 1. The maximum absolute atomic E-state index is 11.8. The summed E-state index contributed by atoms with van der Waals surface area (Å²) >= 11 is 0. The quantitative estimate of drug-likeness (QED) is 0.802. The van der Waals surface area contributed by atoms with Crippen LogP contribution in [0, 0.1) is 0 Å². The number of hydrogen-bond acceptors (Lipinski definition) is 4. The number of likely N-dealkylation sites (N-methyl/N-ethyl adjacent to an activating group) is 1. The van der Waals surface area contributed by atoms with Crippen LogP contribution in [0.3, 0.4) is 0 Å². The Bertz CT molecular complexity index is 668. The van der Waals surface area contributed by atoms with Gasteiger partial charge in [0.25, 0.3) is 0 Å².